The van der Waals surface area contributed by atoms with Gasteiger partial charge in [-0.1, -0.05) is 0 Å². The number of ether oxygens (including phenoxy) is 2. The molecular formula is C15H23N5O11P2. The van der Waals surface area contributed by atoms with Crippen LogP contribution in [0.2, 0.25) is 0 Å². The molecule has 2 saturated heterocycles. The van der Waals surface area contributed by atoms with E-state index in [0.29, 0.717) is 24.0 Å². The maximum Gasteiger partial charge on any atom is 0.481 e. The molecule has 7 unspecified atom stereocenters. The molecule has 0 aromatic carbocycles. The van der Waals surface area contributed by atoms with Gasteiger partial charge >= 0.3 is 15.6 Å². The Bertz CT molecular complexity index is 1090. The number of nitrogen functional groups attached to an aromatic ring is 1. The van der Waals surface area contributed by atoms with Crippen molar-refractivity contribution in [1.29, 1.82) is 0 Å². The summed E-state index contributed by atoms with van der Waals surface area (Å²) in [7, 11) is -10.1. The van der Waals surface area contributed by atoms with Gasteiger partial charge in [0.15, 0.2) is 11.5 Å². The average molecular weight is 511 g/mol. The molecule has 4 heterocycles. The summed E-state index contributed by atoms with van der Waals surface area (Å²) in [5.41, 5.74) is 6.65. The molecule has 0 radical (unpaired) electrons. The van der Waals surface area contributed by atoms with E-state index < -0.39 is 59.5 Å². The third-order valence-electron chi connectivity index (χ3n) is 5.07. The van der Waals surface area contributed by atoms with E-state index in [0.717, 1.165) is 0 Å². The fraction of sp³-hybridized carbons (Fsp3) is 0.667. The van der Waals surface area contributed by atoms with Crippen LogP contribution in [0.5, 0.6) is 0 Å². The zero-order valence-electron chi connectivity index (χ0n) is 17.0. The standard InChI is InChI=1S/C15H23N5O11P2/c16-14-12-15(18-6-17-14)20(7-19-12)11-2-1-8(30-11)3-28-32(23,24)31-33(25,26)29-5-10-13(22)9(21)4-27-10/h6-11,13,21-22H,1-5H2,(H,23,24)(H,25,26)(H2,16,17,18). The lowest BCUT2D eigenvalue weighted by atomic mass is 10.2. The van der Waals surface area contributed by atoms with Crippen molar-refractivity contribution in [2.24, 2.45) is 0 Å². The number of aromatic nitrogens is 4. The number of phosphoric ester groups is 2. The zero-order valence-corrected chi connectivity index (χ0v) is 18.8. The highest BCUT2D eigenvalue weighted by atomic mass is 31.3. The molecule has 184 valence electrons. The quantitative estimate of drug-likeness (QED) is 0.266. The summed E-state index contributed by atoms with van der Waals surface area (Å²) in [4.78, 5) is 31.6. The van der Waals surface area contributed by atoms with Gasteiger partial charge in [0.25, 0.3) is 0 Å². The van der Waals surface area contributed by atoms with Crippen LogP contribution >= 0.6 is 15.6 Å². The van der Waals surface area contributed by atoms with Crippen LogP contribution in [0.4, 0.5) is 5.82 Å². The van der Waals surface area contributed by atoms with Gasteiger partial charge < -0.3 is 35.2 Å². The molecular weight excluding hydrogens is 488 g/mol. The van der Waals surface area contributed by atoms with Gasteiger partial charge in [0.05, 0.1) is 32.3 Å². The summed E-state index contributed by atoms with van der Waals surface area (Å²) >= 11 is 0. The molecule has 2 aliphatic heterocycles. The lowest BCUT2D eigenvalue weighted by Gasteiger charge is -2.20. The van der Waals surface area contributed by atoms with E-state index in [4.69, 9.17) is 19.7 Å². The van der Waals surface area contributed by atoms with Gasteiger partial charge in [-0.25, -0.2) is 24.1 Å². The Morgan fingerprint density at radius 3 is 2.55 bits per heavy atom. The number of hydrogen-bond donors (Lipinski definition) is 5. The minimum absolute atomic E-state index is 0.190. The van der Waals surface area contributed by atoms with Crippen LogP contribution in [0.25, 0.3) is 11.2 Å². The third kappa shape index (κ3) is 5.75. The van der Waals surface area contributed by atoms with Gasteiger partial charge in [0.1, 0.15) is 36.4 Å². The minimum Gasteiger partial charge on any atom is -0.388 e. The fourth-order valence-electron chi connectivity index (χ4n) is 3.43. The van der Waals surface area contributed by atoms with Crippen molar-refractivity contribution < 1.29 is 52.0 Å². The van der Waals surface area contributed by atoms with E-state index in [1.54, 1.807) is 4.57 Å². The second kappa shape index (κ2) is 9.60. The van der Waals surface area contributed by atoms with Crippen LogP contribution in [0.1, 0.15) is 19.1 Å². The number of imidazole rings is 1. The van der Waals surface area contributed by atoms with Crippen LogP contribution < -0.4 is 5.73 Å². The van der Waals surface area contributed by atoms with Gasteiger partial charge in [-0.15, -0.1) is 0 Å². The second-order valence-corrected chi connectivity index (χ2v) is 10.5. The van der Waals surface area contributed by atoms with E-state index in [1.165, 1.54) is 12.7 Å². The molecule has 18 heteroatoms. The van der Waals surface area contributed by atoms with Crippen LogP contribution in [0, 0.1) is 0 Å². The molecule has 33 heavy (non-hydrogen) atoms. The van der Waals surface area contributed by atoms with Crippen LogP contribution in [-0.2, 0) is 32.0 Å². The summed E-state index contributed by atoms with van der Waals surface area (Å²) in [5, 5.41) is 19.0. The number of phosphoric acid groups is 2. The normalized spacial score (nSPS) is 31.6. The molecule has 0 saturated carbocycles. The van der Waals surface area contributed by atoms with E-state index in [1.807, 2.05) is 0 Å². The number of rotatable bonds is 9. The first-order valence-corrected chi connectivity index (χ1v) is 12.8. The number of nitrogens with zero attached hydrogens (tertiary/aromatic N) is 4. The largest absolute Gasteiger partial charge is 0.481 e. The Morgan fingerprint density at radius 1 is 1.12 bits per heavy atom. The van der Waals surface area contributed by atoms with Gasteiger partial charge in [-0.05, 0) is 12.8 Å². The molecule has 16 nitrogen and oxygen atoms in total. The topological polar surface area (TPSA) is 231 Å². The van der Waals surface area contributed by atoms with E-state index in [-0.39, 0.29) is 12.4 Å². The van der Waals surface area contributed by atoms with Gasteiger partial charge in [-0.2, -0.15) is 4.31 Å². The maximum atomic E-state index is 12.1. The number of nitrogens with two attached hydrogens (primary N) is 1. The lowest BCUT2D eigenvalue weighted by molar-refractivity contribution is -0.0218. The van der Waals surface area contributed by atoms with Crippen molar-refractivity contribution in [3.05, 3.63) is 12.7 Å². The minimum atomic E-state index is -5.05. The SMILES string of the molecule is Nc1ncnc2c1ncn2C1CCC(COP(=O)(O)OP(=O)(O)OCC2OCC(O)C2O)O1. The summed E-state index contributed by atoms with van der Waals surface area (Å²) in [6.45, 7) is -1.26. The molecule has 0 spiro atoms. The van der Waals surface area contributed by atoms with Crippen LogP contribution in [0.15, 0.2) is 12.7 Å². The number of hydrogen-bond acceptors (Lipinski definition) is 13. The Labute approximate surface area is 186 Å². The first-order valence-electron chi connectivity index (χ1n) is 9.77. The van der Waals surface area contributed by atoms with Crippen LogP contribution in [-0.4, -0.2) is 83.8 Å². The summed E-state index contributed by atoms with van der Waals surface area (Å²) in [6.07, 6.45) is -0.999. The second-order valence-electron chi connectivity index (χ2n) is 7.41. The van der Waals surface area contributed by atoms with Crippen molar-refractivity contribution in [2.45, 2.75) is 43.5 Å². The molecule has 2 aromatic heterocycles. The number of aliphatic hydroxyl groups is 2. The lowest BCUT2D eigenvalue weighted by Crippen LogP contribution is -2.32. The summed E-state index contributed by atoms with van der Waals surface area (Å²) in [5.74, 6) is 0.218. The molecule has 2 aliphatic rings. The third-order valence-corrected chi connectivity index (χ3v) is 7.67. The van der Waals surface area contributed by atoms with E-state index >= 15 is 0 Å². The Hall–Kier alpha value is -1.55. The van der Waals surface area contributed by atoms with Crippen molar-refractivity contribution >= 4 is 32.6 Å². The smallest absolute Gasteiger partial charge is 0.388 e. The Balaban J connectivity index is 1.27. The van der Waals surface area contributed by atoms with Crippen molar-refractivity contribution in [2.75, 3.05) is 25.6 Å². The molecule has 4 rings (SSSR count). The predicted molar refractivity (Wildman–Crippen MR) is 107 cm³/mol. The molecule has 0 aliphatic carbocycles. The highest BCUT2D eigenvalue weighted by molar-refractivity contribution is 7.61. The molecule has 2 fully saturated rings. The average Bonchev–Trinajstić information content (AvgIpc) is 3.45. The number of fused-ring (bicyclic) bond motifs is 1. The van der Waals surface area contributed by atoms with E-state index in [9.17, 15) is 29.1 Å². The molecule has 0 amide bonds. The Kier molecular flexibility index (Phi) is 7.15. The van der Waals surface area contributed by atoms with Crippen molar-refractivity contribution in [3.8, 4) is 0 Å². The molecule has 2 aromatic rings. The predicted octanol–water partition coefficient (Wildman–Crippen LogP) is -0.543. The van der Waals surface area contributed by atoms with Crippen molar-refractivity contribution in [1.82, 2.24) is 19.5 Å². The van der Waals surface area contributed by atoms with Gasteiger partial charge in [0.2, 0.25) is 0 Å². The zero-order chi connectivity index (χ0) is 23.8. The first-order chi connectivity index (χ1) is 15.5. The fourth-order valence-corrected chi connectivity index (χ4v) is 5.54. The number of anilines is 1. The summed E-state index contributed by atoms with van der Waals surface area (Å²) in [6, 6.07) is 0. The first kappa shape index (κ1) is 24.6. The Morgan fingerprint density at radius 2 is 1.85 bits per heavy atom. The molecule has 7 atom stereocenters. The molecule has 0 bridgehead atoms. The highest BCUT2D eigenvalue weighted by Gasteiger charge is 2.40. The van der Waals surface area contributed by atoms with Crippen LogP contribution in [0.3, 0.4) is 0 Å². The van der Waals surface area contributed by atoms with E-state index in [2.05, 4.69) is 23.8 Å². The summed E-state index contributed by atoms with van der Waals surface area (Å²) < 4.78 is 50.1. The van der Waals surface area contributed by atoms with Gasteiger partial charge in [0, 0.05) is 0 Å². The number of aliphatic hydroxyl groups excluding tert-OH is 2. The monoisotopic (exact) mass is 511 g/mol. The van der Waals surface area contributed by atoms with Crippen molar-refractivity contribution in [3.63, 3.8) is 0 Å². The molecule has 6 N–H and O–H groups in total. The van der Waals surface area contributed by atoms with Gasteiger partial charge in [-0.3, -0.25) is 13.6 Å². The highest BCUT2D eigenvalue weighted by Crippen LogP contribution is 2.60. The maximum absolute atomic E-state index is 12.1.